The van der Waals surface area contributed by atoms with E-state index < -0.39 is 5.41 Å². The van der Waals surface area contributed by atoms with E-state index in [1.807, 2.05) is 25.1 Å². The molecule has 0 saturated heterocycles. The molecule has 1 aliphatic rings. The fraction of sp³-hybridized carbons (Fsp3) is 0.600. The first-order chi connectivity index (χ1) is 12.5. The van der Waals surface area contributed by atoms with Crippen molar-refractivity contribution in [3.63, 3.8) is 0 Å². The molecule has 1 aromatic rings. The van der Waals surface area contributed by atoms with Crippen LogP contribution in [0, 0.1) is 19.3 Å². The van der Waals surface area contributed by atoms with Crippen LogP contribution in [-0.2, 0) is 14.3 Å². The highest BCUT2D eigenvalue weighted by molar-refractivity contribution is 5.96. The standard InChI is InChI=1S/C20H31N3O3.ClH/c1-15-6-7-17(12-16(15)2)23-19(25)20(8-4-5-9-20)14-22-18(24)13-21-10-11-26-3;/h6-7,12,21H,4-5,8-11,13-14H2,1-3H3,(H,22,24)(H,23,25);1H. The van der Waals surface area contributed by atoms with Crippen molar-refractivity contribution in [3.05, 3.63) is 29.3 Å². The van der Waals surface area contributed by atoms with Crippen LogP contribution in [0.5, 0.6) is 0 Å². The number of aryl methyl sites for hydroxylation is 2. The van der Waals surface area contributed by atoms with E-state index in [-0.39, 0.29) is 30.8 Å². The maximum atomic E-state index is 13.0. The molecule has 0 aromatic heterocycles. The molecule has 0 spiro atoms. The molecule has 2 rings (SSSR count). The quantitative estimate of drug-likeness (QED) is 0.559. The van der Waals surface area contributed by atoms with Crippen molar-refractivity contribution in [2.45, 2.75) is 39.5 Å². The number of anilines is 1. The van der Waals surface area contributed by atoms with Crippen LogP contribution in [0.3, 0.4) is 0 Å². The summed E-state index contributed by atoms with van der Waals surface area (Å²) in [5.74, 6) is -0.0859. The molecule has 0 atom stereocenters. The molecule has 1 saturated carbocycles. The van der Waals surface area contributed by atoms with Crippen LogP contribution in [0.25, 0.3) is 0 Å². The summed E-state index contributed by atoms with van der Waals surface area (Å²) in [5, 5.41) is 9.00. The molecule has 6 nitrogen and oxygen atoms in total. The molecular formula is C20H32ClN3O3. The van der Waals surface area contributed by atoms with Crippen LogP contribution in [0.1, 0.15) is 36.8 Å². The summed E-state index contributed by atoms with van der Waals surface area (Å²) in [4.78, 5) is 25.0. The normalized spacial score (nSPS) is 15.1. The first-order valence-corrected chi connectivity index (χ1v) is 9.32. The summed E-state index contributed by atoms with van der Waals surface area (Å²) in [6.07, 6.45) is 3.65. The highest BCUT2D eigenvalue weighted by atomic mass is 35.5. The van der Waals surface area contributed by atoms with Gasteiger partial charge in [-0.15, -0.1) is 12.4 Å². The molecule has 1 fully saturated rings. The largest absolute Gasteiger partial charge is 0.383 e. The fourth-order valence-electron chi connectivity index (χ4n) is 3.33. The molecule has 0 unspecified atom stereocenters. The molecule has 7 heteroatoms. The lowest BCUT2D eigenvalue weighted by Crippen LogP contribution is -2.46. The summed E-state index contributed by atoms with van der Waals surface area (Å²) in [6, 6.07) is 5.94. The molecule has 152 valence electrons. The lowest BCUT2D eigenvalue weighted by molar-refractivity contribution is -0.126. The van der Waals surface area contributed by atoms with Crippen LogP contribution in [0.4, 0.5) is 5.69 Å². The highest BCUT2D eigenvalue weighted by Gasteiger charge is 2.41. The average molecular weight is 398 g/mol. The van der Waals surface area contributed by atoms with Gasteiger partial charge in [0.05, 0.1) is 18.6 Å². The van der Waals surface area contributed by atoms with Gasteiger partial charge in [-0.05, 0) is 49.9 Å². The fourth-order valence-corrected chi connectivity index (χ4v) is 3.33. The number of ether oxygens (including phenoxy) is 1. The predicted octanol–water partition coefficient (Wildman–Crippen LogP) is 2.58. The maximum absolute atomic E-state index is 13.0. The number of carbonyl (C=O) groups excluding carboxylic acids is 2. The van der Waals surface area contributed by atoms with Gasteiger partial charge in [-0.25, -0.2) is 0 Å². The van der Waals surface area contributed by atoms with Crippen LogP contribution in [0.2, 0.25) is 0 Å². The lowest BCUT2D eigenvalue weighted by Gasteiger charge is -2.28. The van der Waals surface area contributed by atoms with Gasteiger partial charge >= 0.3 is 0 Å². The topological polar surface area (TPSA) is 79.5 Å². The van der Waals surface area contributed by atoms with Crippen molar-refractivity contribution in [2.24, 2.45) is 5.41 Å². The second kappa shape index (κ2) is 11.3. The first kappa shape index (κ1) is 23.4. The van der Waals surface area contributed by atoms with Crippen molar-refractivity contribution in [2.75, 3.05) is 38.7 Å². The average Bonchev–Trinajstić information content (AvgIpc) is 3.10. The number of methoxy groups -OCH3 is 1. The number of benzene rings is 1. The Balaban J connectivity index is 0.00000364. The number of amides is 2. The van der Waals surface area contributed by atoms with Gasteiger partial charge in [-0.3, -0.25) is 9.59 Å². The van der Waals surface area contributed by atoms with E-state index in [1.54, 1.807) is 7.11 Å². The minimum atomic E-state index is -0.513. The Morgan fingerprint density at radius 2 is 1.85 bits per heavy atom. The molecule has 3 N–H and O–H groups in total. The zero-order valence-corrected chi connectivity index (χ0v) is 17.3. The molecule has 0 heterocycles. The number of hydrogen-bond acceptors (Lipinski definition) is 4. The molecule has 2 amide bonds. The summed E-state index contributed by atoms with van der Waals surface area (Å²) in [5.41, 5.74) is 2.66. The maximum Gasteiger partial charge on any atom is 0.233 e. The third kappa shape index (κ3) is 6.79. The van der Waals surface area contributed by atoms with E-state index in [0.29, 0.717) is 19.7 Å². The Morgan fingerprint density at radius 1 is 1.15 bits per heavy atom. The Kier molecular flexibility index (Phi) is 9.77. The van der Waals surface area contributed by atoms with Crippen molar-refractivity contribution in [3.8, 4) is 0 Å². The Labute approximate surface area is 168 Å². The zero-order chi connectivity index (χ0) is 19.0. The van der Waals surface area contributed by atoms with E-state index in [0.717, 1.165) is 36.9 Å². The molecule has 0 radical (unpaired) electrons. The number of halogens is 1. The summed E-state index contributed by atoms with van der Waals surface area (Å²) in [6.45, 7) is 5.90. The second-order valence-corrected chi connectivity index (χ2v) is 7.19. The van der Waals surface area contributed by atoms with Crippen LogP contribution >= 0.6 is 12.4 Å². The Morgan fingerprint density at radius 3 is 2.48 bits per heavy atom. The van der Waals surface area contributed by atoms with Gasteiger partial charge in [0.1, 0.15) is 0 Å². The first-order valence-electron chi connectivity index (χ1n) is 9.32. The zero-order valence-electron chi connectivity index (χ0n) is 16.5. The van der Waals surface area contributed by atoms with Gasteiger partial charge in [-0.2, -0.15) is 0 Å². The van der Waals surface area contributed by atoms with Gasteiger partial charge in [-0.1, -0.05) is 18.9 Å². The number of carbonyl (C=O) groups is 2. The summed E-state index contributed by atoms with van der Waals surface area (Å²) < 4.78 is 4.94. The SMILES string of the molecule is COCCNCC(=O)NCC1(C(=O)Nc2ccc(C)c(C)c2)CCCC1.Cl. The van der Waals surface area contributed by atoms with Crippen LogP contribution in [0.15, 0.2) is 18.2 Å². The van der Waals surface area contributed by atoms with Crippen LogP contribution in [-0.4, -0.2) is 45.2 Å². The number of rotatable bonds is 9. The molecule has 1 aromatic carbocycles. The molecule has 27 heavy (non-hydrogen) atoms. The Hall–Kier alpha value is -1.63. The number of hydrogen-bond donors (Lipinski definition) is 3. The molecule has 0 bridgehead atoms. The molecule has 0 aliphatic heterocycles. The van der Waals surface area contributed by atoms with Gasteiger partial charge in [0, 0.05) is 25.9 Å². The van der Waals surface area contributed by atoms with E-state index in [4.69, 9.17) is 4.74 Å². The predicted molar refractivity (Wildman–Crippen MR) is 110 cm³/mol. The second-order valence-electron chi connectivity index (χ2n) is 7.19. The van der Waals surface area contributed by atoms with Crippen molar-refractivity contribution in [1.82, 2.24) is 10.6 Å². The lowest BCUT2D eigenvalue weighted by atomic mass is 9.84. The van der Waals surface area contributed by atoms with Gasteiger partial charge in [0.15, 0.2) is 0 Å². The summed E-state index contributed by atoms with van der Waals surface area (Å²) >= 11 is 0. The van der Waals surface area contributed by atoms with Crippen molar-refractivity contribution >= 4 is 29.9 Å². The summed E-state index contributed by atoms with van der Waals surface area (Å²) in [7, 11) is 1.62. The minimum absolute atomic E-state index is 0. The van der Waals surface area contributed by atoms with Crippen LogP contribution < -0.4 is 16.0 Å². The van der Waals surface area contributed by atoms with E-state index in [1.165, 1.54) is 5.56 Å². The monoisotopic (exact) mass is 397 g/mol. The third-order valence-electron chi connectivity index (χ3n) is 5.20. The Bertz CT molecular complexity index is 631. The number of nitrogens with one attached hydrogen (secondary N) is 3. The van der Waals surface area contributed by atoms with E-state index in [9.17, 15) is 9.59 Å². The molecule has 1 aliphatic carbocycles. The van der Waals surface area contributed by atoms with Crippen molar-refractivity contribution < 1.29 is 14.3 Å². The van der Waals surface area contributed by atoms with Crippen molar-refractivity contribution in [1.29, 1.82) is 0 Å². The minimum Gasteiger partial charge on any atom is -0.383 e. The highest BCUT2D eigenvalue weighted by Crippen LogP contribution is 2.38. The third-order valence-corrected chi connectivity index (χ3v) is 5.20. The van der Waals surface area contributed by atoms with Gasteiger partial charge in [0.25, 0.3) is 0 Å². The van der Waals surface area contributed by atoms with E-state index >= 15 is 0 Å². The smallest absolute Gasteiger partial charge is 0.233 e. The van der Waals surface area contributed by atoms with Gasteiger partial charge in [0.2, 0.25) is 11.8 Å². The van der Waals surface area contributed by atoms with E-state index in [2.05, 4.69) is 22.9 Å². The molecular weight excluding hydrogens is 366 g/mol. The van der Waals surface area contributed by atoms with Gasteiger partial charge < -0.3 is 20.7 Å².